The van der Waals surface area contributed by atoms with E-state index in [1.165, 1.54) is 7.05 Å². The number of rotatable bonds is 4. The van der Waals surface area contributed by atoms with Gasteiger partial charge in [-0.2, -0.15) is 0 Å². The highest BCUT2D eigenvalue weighted by molar-refractivity contribution is 6.57. The zero-order valence-corrected chi connectivity index (χ0v) is 10.8. The highest BCUT2D eigenvalue weighted by Gasteiger charge is 2.40. The van der Waals surface area contributed by atoms with Gasteiger partial charge in [-0.1, -0.05) is 44.2 Å². The molecule has 0 aliphatic carbocycles. The number of hydrogen-bond acceptors (Lipinski definition) is 2. The molecule has 1 N–H and O–H groups in total. The summed E-state index contributed by atoms with van der Waals surface area (Å²) < 4.78 is 0. The number of amides is 1. The molecular formula is C13H16BNO3. The normalized spacial score (nSPS) is 12.8. The molecule has 0 aliphatic heterocycles. The second kappa shape index (κ2) is 5.25. The number of nitrogens with zero attached hydrogens (tertiary/aromatic N) is 1. The van der Waals surface area contributed by atoms with Crippen molar-refractivity contribution < 1.29 is 14.7 Å². The van der Waals surface area contributed by atoms with Gasteiger partial charge in [0.2, 0.25) is 7.85 Å². The van der Waals surface area contributed by atoms with Crippen LogP contribution in [0, 0.1) is 0 Å². The molecule has 1 amide bonds. The molecule has 18 heavy (non-hydrogen) atoms. The molecule has 0 saturated heterocycles. The first-order valence-corrected chi connectivity index (χ1v) is 5.59. The third kappa shape index (κ3) is 2.72. The minimum Gasteiger partial charge on any atom is -0.480 e. The standard InChI is InChI=1S/C13H16BNO3/c1-13(2,9-7-5-4-6-8-9)10(11(16)17)15(3)12(14)18/h4-8,10H,1-3H3,(H,16,17)/t10-/m1/s1. The van der Waals surface area contributed by atoms with Crippen LogP contribution in [0.4, 0.5) is 4.79 Å². The van der Waals surface area contributed by atoms with Gasteiger partial charge in [0.1, 0.15) is 6.04 Å². The number of carboxylic acid groups (broad SMARTS) is 1. The summed E-state index contributed by atoms with van der Waals surface area (Å²) in [7, 11) is 6.57. The van der Waals surface area contributed by atoms with E-state index in [0.29, 0.717) is 0 Å². The Bertz CT molecular complexity index is 445. The minimum atomic E-state index is -1.08. The summed E-state index contributed by atoms with van der Waals surface area (Å²) in [5.41, 5.74) is 0.0992. The van der Waals surface area contributed by atoms with Gasteiger partial charge in [-0.15, -0.1) is 0 Å². The van der Waals surface area contributed by atoms with E-state index >= 15 is 0 Å². The fourth-order valence-electron chi connectivity index (χ4n) is 2.11. The molecule has 0 heterocycles. The van der Waals surface area contributed by atoms with Gasteiger partial charge in [0.25, 0.3) is 0 Å². The molecule has 0 spiro atoms. The molecule has 0 fully saturated rings. The molecular weight excluding hydrogens is 229 g/mol. The van der Waals surface area contributed by atoms with Gasteiger partial charge in [0.05, 0.1) is 0 Å². The van der Waals surface area contributed by atoms with Crippen LogP contribution >= 0.6 is 0 Å². The van der Waals surface area contributed by atoms with Crippen LogP contribution in [0.3, 0.4) is 0 Å². The van der Waals surface area contributed by atoms with Crippen LogP contribution in [0.1, 0.15) is 19.4 Å². The van der Waals surface area contributed by atoms with Gasteiger partial charge < -0.3 is 10.0 Å². The summed E-state index contributed by atoms with van der Waals surface area (Å²) >= 11 is 0. The summed E-state index contributed by atoms with van der Waals surface area (Å²) in [6.07, 6.45) is 0. The quantitative estimate of drug-likeness (QED) is 0.820. The summed E-state index contributed by atoms with van der Waals surface area (Å²) in [5.74, 6) is -1.84. The molecule has 5 heteroatoms. The summed E-state index contributed by atoms with van der Waals surface area (Å²) in [5, 5.41) is 9.34. The molecule has 0 unspecified atom stereocenters. The topological polar surface area (TPSA) is 57.6 Å². The van der Waals surface area contributed by atoms with Gasteiger partial charge in [0.15, 0.2) is 5.81 Å². The second-order valence-electron chi connectivity index (χ2n) is 4.78. The Balaban J connectivity index is 3.21. The summed E-state index contributed by atoms with van der Waals surface area (Å²) in [4.78, 5) is 23.7. The molecule has 2 radical (unpaired) electrons. The average molecular weight is 245 g/mol. The summed E-state index contributed by atoms with van der Waals surface area (Å²) in [6.45, 7) is 3.56. The number of likely N-dealkylation sites (N-methyl/N-ethyl adjacent to an activating group) is 1. The van der Waals surface area contributed by atoms with Crippen molar-refractivity contribution in [2.75, 3.05) is 7.05 Å². The number of carbonyl (C=O) groups excluding carboxylic acids is 1. The molecule has 0 aromatic heterocycles. The molecule has 0 aliphatic rings. The van der Waals surface area contributed by atoms with E-state index in [4.69, 9.17) is 7.85 Å². The Kier molecular flexibility index (Phi) is 4.17. The molecule has 1 rings (SSSR count). The maximum absolute atomic E-state index is 11.4. The van der Waals surface area contributed by atoms with E-state index in [9.17, 15) is 14.7 Å². The Morgan fingerprint density at radius 1 is 1.28 bits per heavy atom. The predicted octanol–water partition coefficient (Wildman–Crippen LogP) is 1.64. The Morgan fingerprint density at radius 2 is 1.78 bits per heavy atom. The monoisotopic (exact) mass is 245 g/mol. The van der Waals surface area contributed by atoms with E-state index in [0.717, 1.165) is 10.5 Å². The van der Waals surface area contributed by atoms with Crippen molar-refractivity contribution in [1.29, 1.82) is 0 Å². The van der Waals surface area contributed by atoms with Gasteiger partial charge >= 0.3 is 5.97 Å². The van der Waals surface area contributed by atoms with Crippen molar-refractivity contribution in [3.8, 4) is 0 Å². The third-order valence-corrected chi connectivity index (χ3v) is 3.17. The zero-order chi connectivity index (χ0) is 13.9. The molecule has 0 saturated carbocycles. The van der Waals surface area contributed by atoms with Crippen LogP contribution in [0.15, 0.2) is 30.3 Å². The number of aliphatic carboxylic acids is 1. The number of benzene rings is 1. The SMILES string of the molecule is [B]C(=O)N(C)[C@H](C(=O)O)C(C)(C)c1ccccc1. The highest BCUT2D eigenvalue weighted by atomic mass is 16.4. The lowest BCUT2D eigenvalue weighted by molar-refractivity contribution is -0.143. The highest BCUT2D eigenvalue weighted by Crippen LogP contribution is 2.30. The van der Waals surface area contributed by atoms with Crippen LogP contribution < -0.4 is 0 Å². The van der Waals surface area contributed by atoms with Crippen LogP contribution in [0.5, 0.6) is 0 Å². The first-order valence-electron chi connectivity index (χ1n) is 5.59. The lowest BCUT2D eigenvalue weighted by Gasteiger charge is -2.37. The maximum atomic E-state index is 11.4. The molecule has 4 nitrogen and oxygen atoms in total. The summed E-state index contributed by atoms with van der Waals surface area (Å²) in [6, 6.07) is 8.18. The first-order chi connectivity index (χ1) is 8.28. The molecule has 1 atom stereocenters. The van der Waals surface area contributed by atoms with Gasteiger partial charge in [-0.25, -0.2) is 4.79 Å². The predicted molar refractivity (Wildman–Crippen MR) is 69.8 cm³/mol. The lowest BCUT2D eigenvalue weighted by atomic mass is 9.76. The van der Waals surface area contributed by atoms with Crippen molar-refractivity contribution in [2.24, 2.45) is 0 Å². The van der Waals surface area contributed by atoms with Crippen LogP contribution in [-0.4, -0.2) is 42.7 Å². The largest absolute Gasteiger partial charge is 0.480 e. The van der Waals surface area contributed by atoms with Crippen molar-refractivity contribution in [3.05, 3.63) is 35.9 Å². The first kappa shape index (κ1) is 14.3. The fourth-order valence-corrected chi connectivity index (χ4v) is 2.11. The molecule has 94 valence electrons. The van der Waals surface area contributed by atoms with E-state index in [1.807, 2.05) is 30.3 Å². The number of carbonyl (C=O) groups is 2. The fraction of sp³-hybridized carbons (Fsp3) is 0.385. The van der Waals surface area contributed by atoms with Crippen LogP contribution in [0.25, 0.3) is 0 Å². The average Bonchev–Trinajstić information content (AvgIpc) is 2.29. The van der Waals surface area contributed by atoms with E-state index in [1.54, 1.807) is 13.8 Å². The van der Waals surface area contributed by atoms with Crippen molar-refractivity contribution in [3.63, 3.8) is 0 Å². The van der Waals surface area contributed by atoms with E-state index in [2.05, 4.69) is 0 Å². The minimum absolute atomic E-state index is 0.739. The van der Waals surface area contributed by atoms with Gasteiger partial charge in [-0.3, -0.25) is 4.79 Å². The van der Waals surface area contributed by atoms with Crippen LogP contribution in [-0.2, 0) is 10.2 Å². The molecule has 1 aromatic rings. The van der Waals surface area contributed by atoms with Gasteiger partial charge in [0, 0.05) is 12.5 Å². The number of carboxylic acids is 1. The Hall–Kier alpha value is -1.78. The van der Waals surface area contributed by atoms with E-state index in [-0.39, 0.29) is 0 Å². The van der Waals surface area contributed by atoms with E-state index < -0.39 is 23.2 Å². The van der Waals surface area contributed by atoms with Crippen molar-refractivity contribution in [1.82, 2.24) is 4.90 Å². The van der Waals surface area contributed by atoms with Gasteiger partial charge in [-0.05, 0) is 5.56 Å². The van der Waals surface area contributed by atoms with Crippen LogP contribution in [0.2, 0.25) is 0 Å². The molecule has 0 bridgehead atoms. The van der Waals surface area contributed by atoms with Crippen molar-refractivity contribution in [2.45, 2.75) is 25.3 Å². The smallest absolute Gasteiger partial charge is 0.327 e. The molecule has 1 aromatic carbocycles. The maximum Gasteiger partial charge on any atom is 0.327 e. The third-order valence-electron chi connectivity index (χ3n) is 3.17. The number of hydrogen-bond donors (Lipinski definition) is 1. The second-order valence-corrected chi connectivity index (χ2v) is 4.78. The Labute approximate surface area is 108 Å². The zero-order valence-electron chi connectivity index (χ0n) is 10.8. The Morgan fingerprint density at radius 3 is 2.17 bits per heavy atom. The lowest BCUT2D eigenvalue weighted by Crippen LogP contribution is -2.53. The van der Waals surface area contributed by atoms with Crippen molar-refractivity contribution >= 4 is 19.6 Å².